The van der Waals surface area contributed by atoms with Crippen LogP contribution >= 0.6 is 15.9 Å². The third-order valence-corrected chi connectivity index (χ3v) is 4.79. The first kappa shape index (κ1) is 16.1. The average molecular weight is 373 g/mol. The number of anilines is 1. The first-order valence-corrected chi connectivity index (χ1v) is 8.75. The summed E-state index contributed by atoms with van der Waals surface area (Å²) in [7, 11) is 0. The Bertz CT molecular complexity index is 676. The second kappa shape index (κ2) is 7.18. The van der Waals surface area contributed by atoms with Gasteiger partial charge in [-0.05, 0) is 36.8 Å². The van der Waals surface area contributed by atoms with Crippen LogP contribution in [0.25, 0.3) is 0 Å². The van der Waals surface area contributed by atoms with Crippen molar-refractivity contribution in [2.45, 2.75) is 13.3 Å². The molecule has 0 bridgehead atoms. The molecule has 1 fully saturated rings. The van der Waals surface area contributed by atoms with E-state index in [9.17, 15) is 4.79 Å². The van der Waals surface area contributed by atoms with E-state index in [0.717, 1.165) is 36.2 Å². The van der Waals surface area contributed by atoms with Gasteiger partial charge in [-0.15, -0.1) is 0 Å². The zero-order valence-electron chi connectivity index (χ0n) is 13.3. The summed E-state index contributed by atoms with van der Waals surface area (Å²) < 4.78 is 1.09. The lowest BCUT2D eigenvalue weighted by Crippen LogP contribution is -2.49. The van der Waals surface area contributed by atoms with Crippen molar-refractivity contribution >= 4 is 27.5 Å². The lowest BCUT2D eigenvalue weighted by Gasteiger charge is -2.36. The van der Waals surface area contributed by atoms with Gasteiger partial charge in [-0.2, -0.15) is 0 Å². The number of amides is 1. The molecule has 3 nitrogen and oxygen atoms in total. The third kappa shape index (κ3) is 4.14. The largest absolute Gasteiger partial charge is 0.368 e. The Morgan fingerprint density at radius 3 is 2.39 bits per heavy atom. The van der Waals surface area contributed by atoms with E-state index in [1.807, 2.05) is 17.0 Å². The molecule has 1 aliphatic rings. The van der Waals surface area contributed by atoms with E-state index in [1.165, 1.54) is 11.3 Å². The normalized spacial score (nSPS) is 14.9. The molecule has 0 atom stereocenters. The molecule has 23 heavy (non-hydrogen) atoms. The Morgan fingerprint density at radius 1 is 1.04 bits per heavy atom. The zero-order valence-corrected chi connectivity index (χ0v) is 14.9. The monoisotopic (exact) mass is 372 g/mol. The van der Waals surface area contributed by atoms with E-state index in [4.69, 9.17) is 0 Å². The summed E-state index contributed by atoms with van der Waals surface area (Å²) in [5, 5.41) is 0. The van der Waals surface area contributed by atoms with Gasteiger partial charge in [-0.3, -0.25) is 4.79 Å². The quantitative estimate of drug-likeness (QED) is 0.820. The number of hydrogen-bond acceptors (Lipinski definition) is 2. The number of halogens is 1. The van der Waals surface area contributed by atoms with Crippen LogP contribution in [-0.2, 0) is 11.2 Å². The predicted octanol–water partition coefficient (Wildman–Crippen LogP) is 3.65. The van der Waals surface area contributed by atoms with Gasteiger partial charge in [0.2, 0.25) is 5.91 Å². The molecular formula is C19H21BrN2O. The van der Waals surface area contributed by atoms with E-state index >= 15 is 0 Å². The molecule has 2 aromatic rings. The molecule has 1 amide bonds. The number of benzene rings is 2. The maximum Gasteiger partial charge on any atom is 0.227 e. The van der Waals surface area contributed by atoms with Crippen LogP contribution in [0.1, 0.15) is 11.1 Å². The molecule has 1 saturated heterocycles. The van der Waals surface area contributed by atoms with Gasteiger partial charge < -0.3 is 9.80 Å². The number of hydrogen-bond donors (Lipinski definition) is 0. The molecule has 120 valence electrons. The highest BCUT2D eigenvalue weighted by Gasteiger charge is 2.21. The van der Waals surface area contributed by atoms with Crippen LogP contribution < -0.4 is 4.90 Å². The second-order valence-electron chi connectivity index (χ2n) is 6.01. The van der Waals surface area contributed by atoms with Crippen molar-refractivity contribution in [2.75, 3.05) is 31.1 Å². The average Bonchev–Trinajstić information content (AvgIpc) is 2.56. The molecule has 4 heteroatoms. The summed E-state index contributed by atoms with van der Waals surface area (Å²) in [4.78, 5) is 16.8. The molecule has 0 N–H and O–H groups in total. The van der Waals surface area contributed by atoms with Crippen molar-refractivity contribution < 1.29 is 4.79 Å². The van der Waals surface area contributed by atoms with Crippen molar-refractivity contribution in [1.29, 1.82) is 0 Å². The predicted molar refractivity (Wildman–Crippen MR) is 97.8 cm³/mol. The Kier molecular flexibility index (Phi) is 5.01. The van der Waals surface area contributed by atoms with Gasteiger partial charge in [0.15, 0.2) is 0 Å². The Hall–Kier alpha value is -1.81. The van der Waals surface area contributed by atoms with Gasteiger partial charge >= 0.3 is 0 Å². The van der Waals surface area contributed by atoms with Gasteiger partial charge in [0.25, 0.3) is 0 Å². The van der Waals surface area contributed by atoms with Gasteiger partial charge in [0.1, 0.15) is 0 Å². The van der Waals surface area contributed by atoms with Crippen LogP contribution in [0.2, 0.25) is 0 Å². The van der Waals surface area contributed by atoms with Gasteiger partial charge in [0.05, 0.1) is 6.42 Å². The molecule has 0 aliphatic carbocycles. The van der Waals surface area contributed by atoms with Crippen LogP contribution in [-0.4, -0.2) is 37.0 Å². The number of aryl methyl sites for hydroxylation is 1. The van der Waals surface area contributed by atoms with E-state index in [2.05, 4.69) is 64.2 Å². The lowest BCUT2D eigenvalue weighted by atomic mass is 10.1. The second-order valence-corrected chi connectivity index (χ2v) is 6.93. The molecule has 3 rings (SSSR count). The van der Waals surface area contributed by atoms with Crippen molar-refractivity contribution in [2.24, 2.45) is 0 Å². The summed E-state index contributed by atoms with van der Waals surface area (Å²) in [6.45, 7) is 5.43. The molecule has 0 aromatic heterocycles. The third-order valence-electron chi connectivity index (χ3n) is 4.26. The summed E-state index contributed by atoms with van der Waals surface area (Å²) in [6, 6.07) is 16.6. The summed E-state index contributed by atoms with van der Waals surface area (Å²) in [5.41, 5.74) is 3.53. The van der Waals surface area contributed by atoms with Crippen LogP contribution in [0, 0.1) is 6.92 Å². The van der Waals surface area contributed by atoms with Gasteiger partial charge in [0, 0.05) is 36.3 Å². The number of carbonyl (C=O) groups is 1. The number of piperazine rings is 1. The fourth-order valence-corrected chi connectivity index (χ4v) is 3.24. The van der Waals surface area contributed by atoms with Crippen LogP contribution in [0.4, 0.5) is 5.69 Å². The van der Waals surface area contributed by atoms with Gasteiger partial charge in [-0.1, -0.05) is 45.8 Å². The Balaban J connectivity index is 1.56. The van der Waals surface area contributed by atoms with E-state index in [0.29, 0.717) is 6.42 Å². The molecule has 0 unspecified atom stereocenters. The van der Waals surface area contributed by atoms with E-state index in [1.54, 1.807) is 0 Å². The van der Waals surface area contributed by atoms with E-state index in [-0.39, 0.29) is 5.91 Å². The van der Waals surface area contributed by atoms with E-state index < -0.39 is 0 Å². The highest BCUT2D eigenvalue weighted by Crippen LogP contribution is 2.20. The highest BCUT2D eigenvalue weighted by atomic mass is 79.9. The topological polar surface area (TPSA) is 23.6 Å². The van der Waals surface area contributed by atoms with Crippen LogP contribution in [0.5, 0.6) is 0 Å². The minimum absolute atomic E-state index is 0.228. The Morgan fingerprint density at radius 2 is 1.74 bits per heavy atom. The smallest absolute Gasteiger partial charge is 0.227 e. The van der Waals surface area contributed by atoms with Gasteiger partial charge in [-0.25, -0.2) is 0 Å². The minimum atomic E-state index is 0.228. The summed E-state index contributed by atoms with van der Waals surface area (Å²) >= 11 is 3.46. The molecular weight excluding hydrogens is 352 g/mol. The molecule has 0 saturated carbocycles. The molecule has 1 heterocycles. The van der Waals surface area contributed by atoms with Crippen molar-refractivity contribution in [3.63, 3.8) is 0 Å². The number of nitrogens with zero attached hydrogens (tertiary/aromatic N) is 2. The minimum Gasteiger partial charge on any atom is -0.368 e. The molecule has 0 spiro atoms. The van der Waals surface area contributed by atoms with Crippen molar-refractivity contribution in [1.82, 2.24) is 4.90 Å². The highest BCUT2D eigenvalue weighted by molar-refractivity contribution is 9.10. The molecule has 1 aliphatic heterocycles. The first-order chi connectivity index (χ1) is 11.1. The first-order valence-electron chi connectivity index (χ1n) is 7.96. The fourth-order valence-electron chi connectivity index (χ4n) is 2.97. The maximum absolute atomic E-state index is 12.5. The Labute approximate surface area is 146 Å². The molecule has 2 aromatic carbocycles. The summed E-state index contributed by atoms with van der Waals surface area (Å²) in [5.74, 6) is 0.228. The lowest BCUT2D eigenvalue weighted by molar-refractivity contribution is -0.130. The summed E-state index contributed by atoms with van der Waals surface area (Å²) in [6.07, 6.45) is 0.500. The molecule has 0 radical (unpaired) electrons. The maximum atomic E-state index is 12.5. The fraction of sp³-hybridized carbons (Fsp3) is 0.316. The number of rotatable bonds is 3. The van der Waals surface area contributed by atoms with Crippen LogP contribution in [0.15, 0.2) is 53.0 Å². The van der Waals surface area contributed by atoms with Crippen LogP contribution in [0.3, 0.4) is 0 Å². The standard InChI is InChI=1S/C19H21BrN2O/c1-15-3-2-4-16(13-15)14-19(23)22-11-9-21(10-12-22)18-7-5-17(20)6-8-18/h2-8,13H,9-12,14H2,1H3. The SMILES string of the molecule is Cc1cccc(CC(=O)N2CCN(c3ccc(Br)cc3)CC2)c1. The number of carbonyl (C=O) groups excluding carboxylic acids is 1. The zero-order chi connectivity index (χ0) is 16.2. The van der Waals surface area contributed by atoms with Crippen molar-refractivity contribution in [3.05, 3.63) is 64.1 Å². The van der Waals surface area contributed by atoms with Crippen molar-refractivity contribution in [3.8, 4) is 0 Å².